The van der Waals surface area contributed by atoms with Crippen LogP contribution in [0.3, 0.4) is 0 Å². The van der Waals surface area contributed by atoms with Crippen LogP contribution in [0.4, 0.5) is 0 Å². The summed E-state index contributed by atoms with van der Waals surface area (Å²) < 4.78 is 28.9. The van der Waals surface area contributed by atoms with Crippen molar-refractivity contribution in [3.8, 4) is 5.75 Å². The van der Waals surface area contributed by atoms with E-state index >= 15 is 0 Å². The number of aryl methyl sites for hydroxylation is 1. The molecule has 1 aromatic carbocycles. The molecule has 0 saturated heterocycles. The zero-order valence-electron chi connectivity index (χ0n) is 9.56. The van der Waals surface area contributed by atoms with Crippen LogP contribution in [0, 0.1) is 0 Å². The third-order valence-corrected chi connectivity index (χ3v) is 4.12. The van der Waals surface area contributed by atoms with Crippen LogP contribution >= 0.6 is 0 Å². The molecule has 0 aromatic heterocycles. The molecule has 0 unspecified atom stereocenters. The van der Waals surface area contributed by atoms with Gasteiger partial charge in [0.25, 0.3) is 0 Å². The maximum absolute atomic E-state index is 11.9. The summed E-state index contributed by atoms with van der Waals surface area (Å²) in [5.74, 6) is 0.321. The summed E-state index contributed by atoms with van der Waals surface area (Å²) in [6.07, 6.45) is 0.787. The van der Waals surface area contributed by atoms with Gasteiger partial charge in [-0.25, -0.2) is 8.42 Å². The molecule has 0 saturated carbocycles. The largest absolute Gasteiger partial charge is 0.495 e. The van der Waals surface area contributed by atoms with E-state index in [-0.39, 0.29) is 17.2 Å². The van der Waals surface area contributed by atoms with Crippen molar-refractivity contribution in [2.45, 2.75) is 18.2 Å². The molecule has 0 spiro atoms. The van der Waals surface area contributed by atoms with Gasteiger partial charge in [-0.1, -0.05) is 13.0 Å². The Labute approximate surface area is 96.3 Å². The van der Waals surface area contributed by atoms with Crippen LogP contribution < -0.4 is 10.5 Å². The van der Waals surface area contributed by atoms with Gasteiger partial charge in [-0.05, 0) is 24.1 Å². The fourth-order valence-corrected chi connectivity index (χ4v) is 2.77. The average Bonchev–Trinajstić information content (AvgIpc) is 2.28. The molecule has 2 N–H and O–H groups in total. The summed E-state index contributed by atoms with van der Waals surface area (Å²) in [5.41, 5.74) is 6.26. The van der Waals surface area contributed by atoms with Crippen LogP contribution in [-0.2, 0) is 16.3 Å². The monoisotopic (exact) mass is 243 g/mol. The highest BCUT2D eigenvalue weighted by Crippen LogP contribution is 2.25. The molecule has 0 atom stereocenters. The van der Waals surface area contributed by atoms with Gasteiger partial charge in [-0.15, -0.1) is 0 Å². The van der Waals surface area contributed by atoms with Crippen molar-refractivity contribution >= 4 is 9.84 Å². The normalized spacial score (nSPS) is 11.4. The molecule has 0 fully saturated rings. The highest BCUT2D eigenvalue weighted by molar-refractivity contribution is 7.91. The second-order valence-corrected chi connectivity index (χ2v) is 5.52. The van der Waals surface area contributed by atoms with E-state index < -0.39 is 9.84 Å². The lowest BCUT2D eigenvalue weighted by Crippen LogP contribution is -2.16. The Morgan fingerprint density at radius 3 is 2.56 bits per heavy atom. The standard InChI is InChI=1S/C11H17NO3S/c1-3-9-4-5-10(15-2)11(8-9)16(13,14)7-6-12/h4-5,8H,3,6-7,12H2,1-2H3. The summed E-state index contributed by atoms with van der Waals surface area (Å²) >= 11 is 0. The zero-order valence-corrected chi connectivity index (χ0v) is 10.4. The van der Waals surface area contributed by atoms with E-state index in [1.165, 1.54) is 7.11 Å². The van der Waals surface area contributed by atoms with E-state index in [1.54, 1.807) is 12.1 Å². The van der Waals surface area contributed by atoms with Crippen molar-refractivity contribution in [3.05, 3.63) is 23.8 Å². The van der Waals surface area contributed by atoms with Crippen LogP contribution in [0.15, 0.2) is 23.1 Å². The first-order valence-electron chi connectivity index (χ1n) is 5.15. The topological polar surface area (TPSA) is 69.4 Å². The van der Waals surface area contributed by atoms with Crippen LogP contribution in [0.1, 0.15) is 12.5 Å². The first kappa shape index (κ1) is 13.0. The van der Waals surface area contributed by atoms with Gasteiger partial charge in [0.15, 0.2) is 9.84 Å². The smallest absolute Gasteiger partial charge is 0.183 e. The number of nitrogens with two attached hydrogens (primary N) is 1. The predicted octanol–water partition coefficient (Wildman–Crippen LogP) is 0.990. The lowest BCUT2D eigenvalue weighted by molar-refractivity contribution is 0.402. The Morgan fingerprint density at radius 1 is 1.38 bits per heavy atom. The predicted molar refractivity (Wildman–Crippen MR) is 63.5 cm³/mol. The van der Waals surface area contributed by atoms with Crippen molar-refractivity contribution in [2.75, 3.05) is 19.4 Å². The number of rotatable bonds is 5. The SMILES string of the molecule is CCc1ccc(OC)c(S(=O)(=O)CCN)c1. The number of methoxy groups -OCH3 is 1. The molecule has 16 heavy (non-hydrogen) atoms. The first-order valence-corrected chi connectivity index (χ1v) is 6.80. The molecular formula is C11H17NO3S. The average molecular weight is 243 g/mol. The second-order valence-electron chi connectivity index (χ2n) is 3.45. The van der Waals surface area contributed by atoms with E-state index in [9.17, 15) is 8.42 Å². The molecule has 0 bridgehead atoms. The van der Waals surface area contributed by atoms with Gasteiger partial charge >= 0.3 is 0 Å². The van der Waals surface area contributed by atoms with Crippen molar-refractivity contribution in [1.29, 1.82) is 0 Å². The van der Waals surface area contributed by atoms with Crippen LogP contribution in [0.2, 0.25) is 0 Å². The van der Waals surface area contributed by atoms with E-state index in [0.717, 1.165) is 12.0 Å². The van der Waals surface area contributed by atoms with Gasteiger partial charge in [0, 0.05) is 6.54 Å². The Bertz CT molecular complexity index is 454. The van der Waals surface area contributed by atoms with Crippen LogP contribution in [0.25, 0.3) is 0 Å². The van der Waals surface area contributed by atoms with E-state index in [4.69, 9.17) is 10.5 Å². The molecule has 4 nitrogen and oxygen atoms in total. The Balaban J connectivity index is 3.29. The fourth-order valence-electron chi connectivity index (χ4n) is 1.45. The summed E-state index contributed by atoms with van der Waals surface area (Å²) in [6, 6.07) is 5.20. The highest BCUT2D eigenvalue weighted by atomic mass is 32.2. The van der Waals surface area contributed by atoms with E-state index in [0.29, 0.717) is 5.75 Å². The van der Waals surface area contributed by atoms with E-state index in [2.05, 4.69) is 0 Å². The molecular weight excluding hydrogens is 226 g/mol. The molecule has 0 heterocycles. The summed E-state index contributed by atoms with van der Waals surface area (Å²) in [7, 11) is -1.87. The number of hydrogen-bond donors (Lipinski definition) is 1. The minimum absolute atomic E-state index is 0.0590. The van der Waals surface area contributed by atoms with Gasteiger partial charge in [0.05, 0.1) is 12.9 Å². The maximum Gasteiger partial charge on any atom is 0.183 e. The number of ether oxygens (including phenoxy) is 1. The Hall–Kier alpha value is -1.07. The number of hydrogen-bond acceptors (Lipinski definition) is 4. The molecule has 1 aromatic rings. The number of sulfone groups is 1. The maximum atomic E-state index is 11.9. The summed E-state index contributed by atoms with van der Waals surface area (Å²) in [4.78, 5) is 0.236. The summed E-state index contributed by atoms with van der Waals surface area (Å²) in [5, 5.41) is 0. The minimum Gasteiger partial charge on any atom is -0.495 e. The van der Waals surface area contributed by atoms with Gasteiger partial charge < -0.3 is 10.5 Å². The lowest BCUT2D eigenvalue weighted by Gasteiger charge is -2.10. The third kappa shape index (κ3) is 2.74. The molecule has 1 rings (SSSR count). The van der Waals surface area contributed by atoms with Crippen molar-refractivity contribution in [2.24, 2.45) is 5.73 Å². The number of benzene rings is 1. The summed E-state index contributed by atoms with van der Waals surface area (Å²) in [6.45, 7) is 2.09. The highest BCUT2D eigenvalue weighted by Gasteiger charge is 2.18. The minimum atomic E-state index is -3.34. The van der Waals surface area contributed by atoms with Gasteiger partial charge in [-0.2, -0.15) is 0 Å². The van der Waals surface area contributed by atoms with Crippen LogP contribution in [0.5, 0.6) is 5.75 Å². The second kappa shape index (κ2) is 5.32. The Morgan fingerprint density at radius 2 is 2.06 bits per heavy atom. The third-order valence-electron chi connectivity index (χ3n) is 2.36. The van der Waals surface area contributed by atoms with Crippen LogP contribution in [-0.4, -0.2) is 27.8 Å². The zero-order chi connectivity index (χ0) is 12.2. The molecule has 0 aliphatic rings. The van der Waals surface area contributed by atoms with Crippen molar-refractivity contribution < 1.29 is 13.2 Å². The fraction of sp³-hybridized carbons (Fsp3) is 0.455. The van der Waals surface area contributed by atoms with E-state index in [1.807, 2.05) is 13.0 Å². The van der Waals surface area contributed by atoms with Crippen molar-refractivity contribution in [1.82, 2.24) is 0 Å². The van der Waals surface area contributed by atoms with Crippen molar-refractivity contribution in [3.63, 3.8) is 0 Å². The van der Waals surface area contributed by atoms with Gasteiger partial charge in [0.1, 0.15) is 10.6 Å². The first-order chi connectivity index (χ1) is 7.55. The quantitative estimate of drug-likeness (QED) is 0.837. The molecule has 0 amide bonds. The molecule has 0 aliphatic heterocycles. The molecule has 0 aliphatic carbocycles. The molecule has 0 radical (unpaired) electrons. The Kier molecular flexibility index (Phi) is 4.32. The van der Waals surface area contributed by atoms with Gasteiger partial charge in [0.2, 0.25) is 0 Å². The molecule has 90 valence electrons. The molecule has 5 heteroatoms. The van der Waals surface area contributed by atoms with Gasteiger partial charge in [-0.3, -0.25) is 0 Å². The lowest BCUT2D eigenvalue weighted by atomic mass is 10.2.